The van der Waals surface area contributed by atoms with E-state index in [9.17, 15) is 15.0 Å². The van der Waals surface area contributed by atoms with Gasteiger partial charge in [-0.1, -0.05) is 29.8 Å². The average Bonchev–Trinajstić information content (AvgIpc) is 3.97. The van der Waals surface area contributed by atoms with Crippen LogP contribution in [0.4, 0.5) is 0 Å². The van der Waals surface area contributed by atoms with E-state index < -0.39 is 18.2 Å². The number of aliphatic hydroxyl groups excluding tert-OH is 1. The summed E-state index contributed by atoms with van der Waals surface area (Å²) in [7, 11) is 1.59. The van der Waals surface area contributed by atoms with Crippen LogP contribution in [0.2, 0.25) is 5.02 Å². The average molecular weight is 767 g/mol. The molecule has 276 valence electrons. The fourth-order valence-electron chi connectivity index (χ4n) is 6.48. The SMILES string of the molecule is COc1ccccc1-c1nccc(COc2ccc3cc2CC(C(=O)O)Oc2ncnc4sc(C5CC5)c(c24)-c2ccc(c(Cl)c2C)OC(CO)CO3)n1. The number of aliphatic carboxylic acids is 1. The molecule has 6 aromatic rings. The first-order chi connectivity index (χ1) is 26.3. The predicted molar refractivity (Wildman–Crippen MR) is 202 cm³/mol. The number of para-hydroxylation sites is 1. The summed E-state index contributed by atoms with van der Waals surface area (Å²) >= 11 is 8.50. The molecule has 14 heteroatoms. The zero-order chi connectivity index (χ0) is 37.3. The third kappa shape index (κ3) is 7.09. The lowest BCUT2D eigenvalue weighted by atomic mass is 9.97. The summed E-state index contributed by atoms with van der Waals surface area (Å²) in [4.78, 5) is 33.0. The Hall–Kier alpha value is -5.50. The Bertz CT molecular complexity index is 2370. The van der Waals surface area contributed by atoms with E-state index in [1.54, 1.807) is 55.0 Å². The Kier molecular flexibility index (Phi) is 9.93. The number of nitrogens with zero attached hydrogens (tertiary/aromatic N) is 4. The van der Waals surface area contributed by atoms with Crippen molar-refractivity contribution in [1.82, 2.24) is 19.9 Å². The highest BCUT2D eigenvalue weighted by Crippen LogP contribution is 2.54. The van der Waals surface area contributed by atoms with Crippen LogP contribution < -0.4 is 23.7 Å². The molecule has 5 heterocycles. The van der Waals surface area contributed by atoms with Crippen LogP contribution in [0.1, 0.15) is 40.5 Å². The van der Waals surface area contributed by atoms with Gasteiger partial charge in [0.25, 0.3) is 0 Å². The van der Waals surface area contributed by atoms with Gasteiger partial charge in [-0.15, -0.1) is 11.3 Å². The maximum Gasteiger partial charge on any atom is 0.345 e. The van der Waals surface area contributed by atoms with Gasteiger partial charge in [0.15, 0.2) is 11.9 Å². The van der Waals surface area contributed by atoms with Gasteiger partial charge in [0.1, 0.15) is 47.4 Å². The number of benzene rings is 3. The molecule has 9 rings (SSSR count). The number of carboxylic acids is 1. The Morgan fingerprint density at radius 3 is 2.67 bits per heavy atom. The normalized spacial score (nSPS) is 16.9. The van der Waals surface area contributed by atoms with E-state index in [4.69, 9.17) is 40.3 Å². The van der Waals surface area contributed by atoms with E-state index in [0.717, 1.165) is 40.0 Å². The van der Waals surface area contributed by atoms with Crippen LogP contribution in [-0.4, -0.2) is 68.6 Å². The Labute approximate surface area is 319 Å². The van der Waals surface area contributed by atoms with Crippen molar-refractivity contribution in [1.29, 1.82) is 0 Å². The highest BCUT2D eigenvalue weighted by Gasteiger charge is 2.34. The molecule has 3 aliphatic rings. The van der Waals surface area contributed by atoms with Gasteiger partial charge in [-0.05, 0) is 79.3 Å². The van der Waals surface area contributed by atoms with Crippen molar-refractivity contribution in [2.24, 2.45) is 0 Å². The fraction of sp³-hybridized carbons (Fsp3) is 0.275. The van der Waals surface area contributed by atoms with Crippen LogP contribution in [-0.2, 0) is 17.8 Å². The summed E-state index contributed by atoms with van der Waals surface area (Å²) in [5.41, 5.74) is 4.31. The topological polar surface area (TPSA) is 155 Å². The van der Waals surface area contributed by atoms with Crippen molar-refractivity contribution < 1.29 is 38.7 Å². The third-order valence-corrected chi connectivity index (χ3v) is 11.1. The maximum atomic E-state index is 13.0. The molecule has 0 saturated heterocycles. The molecule has 12 nitrogen and oxygen atoms in total. The lowest BCUT2D eigenvalue weighted by molar-refractivity contribution is -0.145. The van der Waals surface area contributed by atoms with E-state index in [1.165, 1.54) is 6.33 Å². The first-order valence-electron chi connectivity index (χ1n) is 17.4. The maximum absolute atomic E-state index is 13.0. The summed E-state index contributed by atoms with van der Waals surface area (Å²) in [6.45, 7) is 1.61. The van der Waals surface area contributed by atoms with Crippen molar-refractivity contribution in [2.75, 3.05) is 20.3 Å². The number of fused-ring (bicyclic) bond motifs is 7. The summed E-state index contributed by atoms with van der Waals surface area (Å²) < 4.78 is 30.4. The minimum atomic E-state index is -1.37. The Morgan fingerprint density at radius 1 is 1.02 bits per heavy atom. The number of hydrogen-bond donors (Lipinski definition) is 2. The zero-order valence-corrected chi connectivity index (χ0v) is 30.9. The molecule has 2 N–H and O–H groups in total. The van der Waals surface area contributed by atoms with Gasteiger partial charge in [0.2, 0.25) is 12.0 Å². The van der Waals surface area contributed by atoms with Crippen LogP contribution in [0.3, 0.4) is 0 Å². The number of hydrogen-bond acceptors (Lipinski definition) is 12. The molecule has 1 aliphatic carbocycles. The van der Waals surface area contributed by atoms with E-state index in [1.807, 2.05) is 37.3 Å². The minimum absolute atomic E-state index is 0.0171. The number of rotatable bonds is 8. The van der Waals surface area contributed by atoms with Gasteiger partial charge < -0.3 is 33.9 Å². The second-order valence-corrected chi connectivity index (χ2v) is 14.4. The number of thiophene rings is 1. The number of methoxy groups -OCH3 is 1. The molecule has 4 bridgehead atoms. The van der Waals surface area contributed by atoms with Gasteiger partial charge in [-0.3, -0.25) is 0 Å². The van der Waals surface area contributed by atoms with E-state index in [0.29, 0.717) is 61.2 Å². The van der Waals surface area contributed by atoms with E-state index in [2.05, 4.69) is 15.0 Å². The van der Waals surface area contributed by atoms with Crippen LogP contribution in [0.25, 0.3) is 32.7 Å². The van der Waals surface area contributed by atoms with Gasteiger partial charge in [0.05, 0.1) is 35.4 Å². The van der Waals surface area contributed by atoms with Crippen LogP contribution >= 0.6 is 22.9 Å². The van der Waals surface area contributed by atoms with E-state index in [-0.39, 0.29) is 32.1 Å². The smallest absolute Gasteiger partial charge is 0.345 e. The highest BCUT2D eigenvalue weighted by molar-refractivity contribution is 7.19. The molecule has 1 fully saturated rings. The van der Waals surface area contributed by atoms with Crippen molar-refractivity contribution in [3.8, 4) is 51.4 Å². The first kappa shape index (κ1) is 35.5. The summed E-state index contributed by atoms with van der Waals surface area (Å²) in [5, 5.41) is 21.9. The number of carboxylic acid groups (broad SMARTS) is 1. The molecular weight excluding hydrogens is 732 g/mol. The van der Waals surface area contributed by atoms with Crippen LogP contribution in [0.15, 0.2) is 73.2 Å². The molecule has 0 spiro atoms. The Morgan fingerprint density at radius 2 is 1.87 bits per heavy atom. The lowest BCUT2D eigenvalue weighted by Crippen LogP contribution is -2.30. The molecule has 3 aromatic carbocycles. The molecule has 0 amide bonds. The zero-order valence-electron chi connectivity index (χ0n) is 29.3. The monoisotopic (exact) mass is 766 g/mol. The number of aliphatic hydroxyl groups is 1. The quantitative estimate of drug-likeness (QED) is 0.158. The molecule has 54 heavy (non-hydrogen) atoms. The van der Waals surface area contributed by atoms with Gasteiger partial charge in [-0.2, -0.15) is 0 Å². The standard InChI is InChI=1S/C40H35ClN4O8S/c1-21-27-10-12-31(35(21)41)52-26(17-46)19-50-25-9-11-29(51-18-24-13-14-42-37(45-24)28-5-3-4-6-30(28)49-2)23(15-25)16-32(40(47)48)53-38-34-33(27)36(22-7-8-22)54-39(34)44-20-43-38/h3-6,9-15,20,22,26,32,46H,7-8,16-19H2,1-2H3,(H,47,48). The van der Waals surface area contributed by atoms with Gasteiger partial charge in [-0.25, -0.2) is 24.7 Å². The number of halogens is 1. The molecular formula is C40H35ClN4O8S. The molecule has 2 aliphatic heterocycles. The summed E-state index contributed by atoms with van der Waals surface area (Å²) in [5.74, 6) is 1.63. The molecule has 1 saturated carbocycles. The van der Waals surface area contributed by atoms with Crippen molar-refractivity contribution in [3.05, 3.63) is 99.9 Å². The molecule has 2 atom stereocenters. The second kappa shape index (κ2) is 15.1. The van der Waals surface area contributed by atoms with Gasteiger partial charge >= 0.3 is 5.97 Å². The second-order valence-electron chi connectivity index (χ2n) is 13.0. The van der Waals surface area contributed by atoms with Gasteiger partial charge in [0, 0.05) is 28.6 Å². The minimum Gasteiger partial charge on any atom is -0.496 e. The first-order valence-corrected chi connectivity index (χ1v) is 18.6. The van der Waals surface area contributed by atoms with Crippen LogP contribution in [0.5, 0.6) is 28.9 Å². The molecule has 0 radical (unpaired) electrons. The van der Waals surface area contributed by atoms with E-state index >= 15 is 0 Å². The van der Waals surface area contributed by atoms with Crippen molar-refractivity contribution >= 4 is 39.1 Å². The Balaban J connectivity index is 1.18. The lowest BCUT2D eigenvalue weighted by Gasteiger charge is -2.21. The summed E-state index contributed by atoms with van der Waals surface area (Å²) in [6, 6.07) is 18.0. The van der Waals surface area contributed by atoms with Crippen molar-refractivity contribution in [2.45, 2.75) is 50.9 Å². The molecule has 3 aromatic heterocycles. The number of ether oxygens (including phenoxy) is 5. The van der Waals surface area contributed by atoms with Crippen LogP contribution in [0, 0.1) is 6.92 Å². The number of aromatic nitrogens is 4. The molecule has 2 unspecified atom stereocenters. The highest BCUT2D eigenvalue weighted by atomic mass is 35.5. The number of carbonyl (C=O) groups is 1. The van der Waals surface area contributed by atoms with Crippen molar-refractivity contribution in [3.63, 3.8) is 0 Å². The third-order valence-electron chi connectivity index (χ3n) is 9.39. The largest absolute Gasteiger partial charge is 0.496 e. The predicted octanol–water partition coefficient (Wildman–Crippen LogP) is 7.45. The summed E-state index contributed by atoms with van der Waals surface area (Å²) in [6.07, 6.45) is 2.88. The fourth-order valence-corrected chi connectivity index (χ4v) is 8.00.